The molecule has 8 nitrogen and oxygen atoms in total. The van der Waals surface area contributed by atoms with Crippen molar-refractivity contribution >= 4 is 6.03 Å². The smallest absolute Gasteiger partial charge is 0.284 e. The Morgan fingerprint density at radius 2 is 1.96 bits per heavy atom. The van der Waals surface area contributed by atoms with Gasteiger partial charge in [-0.25, -0.2) is 14.6 Å². The van der Waals surface area contributed by atoms with Crippen molar-refractivity contribution in [2.45, 2.75) is 33.7 Å². The van der Waals surface area contributed by atoms with Gasteiger partial charge in [-0.1, -0.05) is 42.4 Å². The Bertz CT molecular complexity index is 776. The number of hydrogen-bond acceptors (Lipinski definition) is 5. The summed E-state index contributed by atoms with van der Waals surface area (Å²) in [5.74, 6) is 0.361. The van der Waals surface area contributed by atoms with Crippen LogP contribution in [0.4, 0.5) is 4.79 Å². The van der Waals surface area contributed by atoms with Crippen LogP contribution >= 0.6 is 0 Å². The lowest BCUT2D eigenvalue weighted by atomic mass is 10.2. The summed E-state index contributed by atoms with van der Waals surface area (Å²) in [4.78, 5) is 34.6. The van der Waals surface area contributed by atoms with E-state index in [1.807, 2.05) is 13.0 Å². The van der Waals surface area contributed by atoms with Crippen LogP contribution in [-0.2, 0) is 17.8 Å². The standard InChI is InChI=1S/C17H22N4O4/c1-4-15-18-13(3)11-16(22)20(15)21(25-5-2)17(23)19(24)12-14-9-7-6-8-10-14/h6-11,24H,4-5,12H2,1-3H3. The highest BCUT2D eigenvalue weighted by molar-refractivity contribution is 5.81. The molecule has 0 spiro atoms. The fourth-order valence-corrected chi connectivity index (χ4v) is 2.32. The molecule has 1 heterocycles. The number of carbonyl (C=O) groups is 1. The summed E-state index contributed by atoms with van der Waals surface area (Å²) in [6, 6.07) is 9.42. The highest BCUT2D eigenvalue weighted by atomic mass is 16.7. The number of hydrogen-bond donors (Lipinski definition) is 1. The molecule has 0 radical (unpaired) electrons. The quantitative estimate of drug-likeness (QED) is 0.638. The van der Waals surface area contributed by atoms with Crippen LogP contribution in [0.3, 0.4) is 0 Å². The molecule has 0 bridgehead atoms. The first-order valence-corrected chi connectivity index (χ1v) is 8.05. The number of hydroxylamine groups is 3. The fourth-order valence-electron chi connectivity index (χ4n) is 2.32. The number of urea groups is 1. The molecule has 0 atom stereocenters. The van der Waals surface area contributed by atoms with Gasteiger partial charge in [-0.05, 0) is 19.4 Å². The van der Waals surface area contributed by atoms with Gasteiger partial charge in [0.25, 0.3) is 5.56 Å². The van der Waals surface area contributed by atoms with Crippen LogP contribution in [-0.4, -0.2) is 32.6 Å². The van der Waals surface area contributed by atoms with Gasteiger partial charge in [0.15, 0.2) is 0 Å². The van der Waals surface area contributed by atoms with Crippen LogP contribution in [0.15, 0.2) is 41.2 Å². The van der Waals surface area contributed by atoms with Crippen molar-refractivity contribution in [1.82, 2.24) is 14.7 Å². The fraction of sp³-hybridized carbons (Fsp3) is 0.353. The molecule has 2 aromatic rings. The average Bonchev–Trinajstić information content (AvgIpc) is 2.60. The molecule has 1 aromatic carbocycles. The van der Waals surface area contributed by atoms with E-state index < -0.39 is 11.6 Å². The second kappa shape index (κ2) is 8.41. The molecule has 25 heavy (non-hydrogen) atoms. The van der Waals surface area contributed by atoms with Crippen LogP contribution < -0.4 is 10.7 Å². The van der Waals surface area contributed by atoms with Crippen LogP contribution in [0.2, 0.25) is 0 Å². The maximum Gasteiger partial charge on any atom is 0.388 e. The van der Waals surface area contributed by atoms with Gasteiger partial charge in [0.2, 0.25) is 0 Å². The van der Waals surface area contributed by atoms with E-state index in [2.05, 4.69) is 4.98 Å². The van der Waals surface area contributed by atoms with Crippen molar-refractivity contribution in [1.29, 1.82) is 0 Å². The number of aryl methyl sites for hydroxylation is 2. The first-order valence-electron chi connectivity index (χ1n) is 8.05. The Kier molecular flexibility index (Phi) is 6.26. The monoisotopic (exact) mass is 346 g/mol. The third-order valence-corrected chi connectivity index (χ3v) is 3.40. The number of rotatable bonds is 6. The van der Waals surface area contributed by atoms with Crippen LogP contribution in [0.1, 0.15) is 30.9 Å². The highest BCUT2D eigenvalue weighted by Crippen LogP contribution is 2.07. The van der Waals surface area contributed by atoms with Crippen molar-refractivity contribution < 1.29 is 14.8 Å². The van der Waals surface area contributed by atoms with Crippen molar-refractivity contribution in [3.8, 4) is 0 Å². The van der Waals surface area contributed by atoms with Gasteiger partial charge in [-0.3, -0.25) is 10.0 Å². The van der Waals surface area contributed by atoms with Gasteiger partial charge in [-0.2, -0.15) is 9.74 Å². The minimum atomic E-state index is -0.881. The third-order valence-electron chi connectivity index (χ3n) is 3.40. The SMILES string of the molecule is CCON(C(=O)N(O)Cc1ccccc1)n1c(CC)nc(C)cc1=O. The van der Waals surface area contributed by atoms with Gasteiger partial charge < -0.3 is 0 Å². The third kappa shape index (κ3) is 4.43. The first-order chi connectivity index (χ1) is 12.0. The summed E-state index contributed by atoms with van der Waals surface area (Å²) >= 11 is 0. The highest BCUT2D eigenvalue weighted by Gasteiger charge is 2.26. The van der Waals surface area contributed by atoms with Crippen LogP contribution in [0.5, 0.6) is 0 Å². The molecule has 8 heteroatoms. The van der Waals surface area contributed by atoms with E-state index in [4.69, 9.17) is 4.84 Å². The maximum atomic E-state index is 12.6. The molecule has 0 saturated heterocycles. The molecule has 2 amide bonds. The zero-order chi connectivity index (χ0) is 18.4. The predicted molar refractivity (Wildman–Crippen MR) is 91.6 cm³/mol. The Hall–Kier alpha value is -2.71. The second-order valence-electron chi connectivity index (χ2n) is 5.33. The number of nitrogens with zero attached hydrogens (tertiary/aromatic N) is 4. The van der Waals surface area contributed by atoms with E-state index >= 15 is 0 Å². The lowest BCUT2D eigenvalue weighted by molar-refractivity contribution is -0.0669. The summed E-state index contributed by atoms with van der Waals surface area (Å²) in [7, 11) is 0. The van der Waals surface area contributed by atoms with Crippen molar-refractivity contribution in [2.75, 3.05) is 11.8 Å². The maximum absolute atomic E-state index is 12.6. The number of carbonyl (C=O) groups excluding carboxylic acids is 1. The number of benzene rings is 1. The lowest BCUT2D eigenvalue weighted by Crippen LogP contribution is -2.52. The van der Waals surface area contributed by atoms with Gasteiger partial charge in [0, 0.05) is 18.2 Å². The molecule has 0 saturated carbocycles. The van der Waals surface area contributed by atoms with Crippen molar-refractivity contribution in [2.24, 2.45) is 0 Å². The number of aromatic nitrogens is 2. The Balaban J connectivity index is 2.34. The molecule has 0 aliphatic carbocycles. The molecule has 0 aliphatic heterocycles. The molecule has 1 aromatic heterocycles. The minimum absolute atomic E-state index is 0.0429. The molecule has 0 aliphatic rings. The predicted octanol–water partition coefficient (Wildman–Crippen LogP) is 2.02. The van der Waals surface area contributed by atoms with Crippen molar-refractivity contribution in [3.63, 3.8) is 0 Å². The van der Waals surface area contributed by atoms with Gasteiger partial charge in [-0.15, -0.1) is 0 Å². The van der Waals surface area contributed by atoms with E-state index in [1.165, 1.54) is 6.07 Å². The minimum Gasteiger partial charge on any atom is -0.284 e. The normalized spacial score (nSPS) is 10.6. The number of amides is 2. The Morgan fingerprint density at radius 1 is 1.28 bits per heavy atom. The average molecular weight is 346 g/mol. The molecule has 0 unspecified atom stereocenters. The second-order valence-corrected chi connectivity index (χ2v) is 5.33. The summed E-state index contributed by atoms with van der Waals surface area (Å²) in [5.41, 5.74) is 0.825. The molecule has 1 N–H and O–H groups in total. The van der Waals surface area contributed by atoms with Crippen LogP contribution in [0, 0.1) is 6.92 Å². The van der Waals surface area contributed by atoms with E-state index in [0.29, 0.717) is 23.0 Å². The van der Waals surface area contributed by atoms with Crippen LogP contribution in [0.25, 0.3) is 0 Å². The lowest BCUT2D eigenvalue weighted by Gasteiger charge is -2.27. The largest absolute Gasteiger partial charge is 0.388 e. The van der Waals surface area contributed by atoms with Crippen molar-refractivity contribution in [3.05, 3.63) is 63.8 Å². The van der Waals surface area contributed by atoms with Gasteiger partial charge >= 0.3 is 6.03 Å². The van der Waals surface area contributed by atoms with E-state index in [0.717, 1.165) is 15.4 Å². The van der Waals surface area contributed by atoms with Gasteiger partial charge in [0.05, 0.1) is 13.2 Å². The summed E-state index contributed by atoms with van der Waals surface area (Å²) in [5, 5.41) is 11.4. The van der Waals surface area contributed by atoms with E-state index in [1.54, 1.807) is 38.1 Å². The summed E-state index contributed by atoms with van der Waals surface area (Å²) in [6.07, 6.45) is 0.415. The molecular weight excluding hydrogens is 324 g/mol. The topological polar surface area (TPSA) is 87.9 Å². The van der Waals surface area contributed by atoms with E-state index in [9.17, 15) is 14.8 Å². The zero-order valence-corrected chi connectivity index (χ0v) is 14.5. The zero-order valence-electron chi connectivity index (χ0n) is 14.5. The first kappa shape index (κ1) is 18.6. The van der Waals surface area contributed by atoms with E-state index in [-0.39, 0.29) is 13.2 Å². The molecule has 0 fully saturated rings. The Labute approximate surface area is 145 Å². The molecule has 134 valence electrons. The molecular formula is C17H22N4O4. The van der Waals surface area contributed by atoms with Gasteiger partial charge in [0.1, 0.15) is 5.82 Å². The summed E-state index contributed by atoms with van der Waals surface area (Å²) < 4.78 is 1.03. The molecule has 2 rings (SSSR count). The summed E-state index contributed by atoms with van der Waals surface area (Å²) in [6.45, 7) is 5.28. The Morgan fingerprint density at radius 3 is 2.56 bits per heavy atom.